The van der Waals surface area contributed by atoms with Gasteiger partial charge in [0.15, 0.2) is 25.5 Å². The van der Waals surface area contributed by atoms with Gasteiger partial charge in [-0.15, -0.1) is 0 Å². The monoisotopic (exact) mass is 604 g/mol. The molecule has 0 unspecified atom stereocenters. The standard InChI is InChI=1S/C42H44N4/c1-31-37(29-33-21-27-43-23-13-9-17-39(33)43)35-15-5-7-19-41(35)45(31)25-11-3-4-12-26-46-32(2)38(36-16-6-8-20-42(36)46)30-34-22-28-44-24-14-10-18-40(34)44/h5-10,13-20,23-24,29-30H,3-4,11-12,21-22,25-28H2,1-2H3/q+2. The summed E-state index contributed by atoms with van der Waals surface area (Å²) < 4.78 is 9.89. The van der Waals surface area contributed by atoms with Gasteiger partial charge in [-0.05, 0) is 63.1 Å². The largest absolute Gasteiger partial charge is 0.344 e. The van der Waals surface area contributed by atoms with E-state index in [1.54, 1.807) is 0 Å². The van der Waals surface area contributed by atoms with Crippen LogP contribution in [0.1, 0.15) is 72.4 Å². The van der Waals surface area contributed by atoms with Gasteiger partial charge in [-0.3, -0.25) is 0 Å². The molecule has 6 heterocycles. The van der Waals surface area contributed by atoms with E-state index in [1.807, 2.05) is 0 Å². The maximum atomic E-state index is 2.57. The molecule has 230 valence electrons. The maximum Gasteiger partial charge on any atom is 0.208 e. The summed E-state index contributed by atoms with van der Waals surface area (Å²) in [5.41, 5.74) is 13.9. The molecule has 0 amide bonds. The molecule has 2 aliphatic heterocycles. The topological polar surface area (TPSA) is 17.6 Å². The minimum Gasteiger partial charge on any atom is -0.344 e. The quantitative estimate of drug-likeness (QED) is 0.116. The Hall–Kier alpha value is -4.70. The molecule has 2 aliphatic rings. The minimum absolute atomic E-state index is 1.07. The second-order valence-corrected chi connectivity index (χ2v) is 13.1. The van der Waals surface area contributed by atoms with Crippen LogP contribution in [0.2, 0.25) is 0 Å². The Morgan fingerprint density at radius 3 is 1.46 bits per heavy atom. The summed E-state index contributed by atoms with van der Waals surface area (Å²) in [5.74, 6) is 0. The predicted molar refractivity (Wildman–Crippen MR) is 190 cm³/mol. The predicted octanol–water partition coefficient (Wildman–Crippen LogP) is 8.94. The van der Waals surface area contributed by atoms with Gasteiger partial charge in [-0.25, -0.2) is 0 Å². The first-order valence-corrected chi connectivity index (χ1v) is 17.2. The summed E-state index contributed by atoms with van der Waals surface area (Å²) in [4.78, 5) is 0. The van der Waals surface area contributed by atoms with Crippen molar-refractivity contribution in [2.45, 2.75) is 78.6 Å². The normalized spacial score (nSPS) is 15.9. The lowest BCUT2D eigenvalue weighted by Crippen LogP contribution is -2.31. The van der Waals surface area contributed by atoms with Crippen molar-refractivity contribution in [3.8, 4) is 0 Å². The third-order valence-corrected chi connectivity index (χ3v) is 10.5. The van der Waals surface area contributed by atoms with Crippen molar-refractivity contribution in [3.63, 3.8) is 0 Å². The van der Waals surface area contributed by atoms with E-state index in [-0.39, 0.29) is 0 Å². The Morgan fingerprint density at radius 2 is 0.978 bits per heavy atom. The van der Waals surface area contributed by atoms with E-state index < -0.39 is 0 Å². The van der Waals surface area contributed by atoms with E-state index >= 15 is 0 Å². The van der Waals surface area contributed by atoms with Crippen molar-refractivity contribution < 1.29 is 9.13 Å². The molecule has 6 aromatic rings. The molecule has 4 nitrogen and oxygen atoms in total. The Labute approximate surface area is 272 Å². The molecule has 8 rings (SSSR count). The second kappa shape index (κ2) is 12.2. The Bertz CT molecular complexity index is 1980. The fourth-order valence-electron chi connectivity index (χ4n) is 8.05. The number of rotatable bonds is 9. The van der Waals surface area contributed by atoms with Crippen molar-refractivity contribution in [2.24, 2.45) is 0 Å². The summed E-state index contributed by atoms with van der Waals surface area (Å²) in [6.45, 7) is 8.93. The van der Waals surface area contributed by atoms with Crippen molar-refractivity contribution >= 4 is 45.1 Å². The second-order valence-electron chi connectivity index (χ2n) is 13.1. The molecule has 2 aromatic carbocycles. The number of unbranched alkanes of at least 4 members (excludes halogenated alkanes) is 3. The third-order valence-electron chi connectivity index (χ3n) is 10.5. The third kappa shape index (κ3) is 5.10. The fourth-order valence-corrected chi connectivity index (χ4v) is 8.05. The zero-order valence-corrected chi connectivity index (χ0v) is 27.3. The summed E-state index contributed by atoms with van der Waals surface area (Å²) in [6, 6.07) is 31.1. The zero-order chi connectivity index (χ0) is 31.0. The molecule has 0 atom stereocenters. The first kappa shape index (κ1) is 28.8. The number of fused-ring (bicyclic) bond motifs is 4. The van der Waals surface area contributed by atoms with Gasteiger partial charge in [0.05, 0.1) is 0 Å². The highest BCUT2D eigenvalue weighted by Gasteiger charge is 2.25. The van der Waals surface area contributed by atoms with Crippen LogP contribution in [0, 0.1) is 13.8 Å². The number of pyridine rings is 2. The van der Waals surface area contributed by atoms with Crippen molar-refractivity contribution in [3.05, 3.63) is 131 Å². The van der Waals surface area contributed by atoms with E-state index in [1.165, 1.54) is 92.5 Å². The molecule has 0 spiro atoms. The number of allylic oxidation sites excluding steroid dienone is 2. The average molecular weight is 605 g/mol. The van der Waals surface area contributed by atoms with Gasteiger partial charge in [0.1, 0.15) is 0 Å². The van der Waals surface area contributed by atoms with Gasteiger partial charge in [0.25, 0.3) is 0 Å². The first-order chi connectivity index (χ1) is 22.7. The molecule has 4 heteroatoms. The summed E-state index contributed by atoms with van der Waals surface area (Å²) in [6.07, 6.45) is 16.4. The molecule has 0 aliphatic carbocycles. The lowest BCUT2D eigenvalue weighted by molar-refractivity contribution is -0.689. The SMILES string of the molecule is Cc1c(/C=C2\CC[n+]3ccccc32)c2ccccc2n1CCCCCCn1c(C)c(/C=C2\CC[n+]3ccccc32)c2ccccc21. The van der Waals surface area contributed by atoms with Crippen LogP contribution in [0.15, 0.2) is 97.3 Å². The number of hydrogen-bond acceptors (Lipinski definition) is 0. The van der Waals surface area contributed by atoms with Crippen molar-refractivity contribution in [2.75, 3.05) is 0 Å². The van der Waals surface area contributed by atoms with Gasteiger partial charge in [-0.2, -0.15) is 9.13 Å². The summed E-state index contributed by atoms with van der Waals surface area (Å²) in [5, 5.41) is 2.75. The highest BCUT2D eigenvalue weighted by molar-refractivity contribution is 5.97. The number of nitrogens with zero attached hydrogens (tertiary/aromatic N) is 4. The van der Waals surface area contributed by atoms with Crippen molar-refractivity contribution in [1.82, 2.24) is 9.13 Å². The molecule has 46 heavy (non-hydrogen) atoms. The lowest BCUT2D eigenvalue weighted by atomic mass is 10.0. The van der Waals surface area contributed by atoms with Gasteiger partial charge in [-0.1, -0.05) is 49.2 Å². The van der Waals surface area contributed by atoms with Crippen LogP contribution in [0.5, 0.6) is 0 Å². The van der Waals surface area contributed by atoms with Gasteiger partial charge < -0.3 is 9.13 Å². The van der Waals surface area contributed by atoms with Crippen LogP contribution in [0.25, 0.3) is 45.1 Å². The van der Waals surface area contributed by atoms with E-state index in [4.69, 9.17) is 0 Å². The average Bonchev–Trinajstić information content (AvgIpc) is 3.83. The van der Waals surface area contributed by atoms with Crippen LogP contribution in [0.3, 0.4) is 0 Å². The van der Waals surface area contributed by atoms with Gasteiger partial charge in [0.2, 0.25) is 11.4 Å². The number of para-hydroxylation sites is 2. The van der Waals surface area contributed by atoms with Crippen LogP contribution >= 0.6 is 0 Å². The van der Waals surface area contributed by atoms with Crippen LogP contribution in [-0.4, -0.2) is 9.13 Å². The van der Waals surface area contributed by atoms with Gasteiger partial charge in [0, 0.05) is 106 Å². The molecular weight excluding hydrogens is 560 g/mol. The minimum atomic E-state index is 1.07. The smallest absolute Gasteiger partial charge is 0.208 e. The van der Waals surface area contributed by atoms with Crippen LogP contribution in [-0.2, 0) is 26.2 Å². The zero-order valence-electron chi connectivity index (χ0n) is 27.3. The number of aromatic nitrogens is 4. The number of aryl methyl sites for hydroxylation is 4. The molecule has 0 saturated carbocycles. The molecule has 0 radical (unpaired) electrons. The maximum absolute atomic E-state index is 2.57. The molecule has 0 N–H and O–H groups in total. The first-order valence-electron chi connectivity index (χ1n) is 17.2. The Morgan fingerprint density at radius 1 is 0.543 bits per heavy atom. The lowest BCUT2D eigenvalue weighted by Gasteiger charge is -2.10. The van der Waals surface area contributed by atoms with Gasteiger partial charge >= 0.3 is 0 Å². The number of hydrogen-bond donors (Lipinski definition) is 0. The Kier molecular flexibility index (Phi) is 7.65. The van der Waals surface area contributed by atoms with E-state index in [9.17, 15) is 0 Å². The van der Waals surface area contributed by atoms with E-state index in [0.717, 1.165) is 39.0 Å². The molecule has 4 aromatic heterocycles. The van der Waals surface area contributed by atoms with Crippen LogP contribution < -0.4 is 9.13 Å². The highest BCUT2D eigenvalue weighted by atomic mass is 15.0. The van der Waals surface area contributed by atoms with E-state index in [2.05, 4.69) is 142 Å². The van der Waals surface area contributed by atoms with E-state index in [0.29, 0.717) is 0 Å². The van der Waals surface area contributed by atoms with Crippen LogP contribution in [0.4, 0.5) is 0 Å². The molecule has 0 saturated heterocycles. The number of benzene rings is 2. The fraction of sp³-hybridized carbons (Fsp3) is 0.286. The molecular formula is C42H44N4+2. The molecule has 0 bridgehead atoms. The molecule has 0 fully saturated rings. The summed E-state index contributed by atoms with van der Waals surface area (Å²) >= 11 is 0. The highest BCUT2D eigenvalue weighted by Crippen LogP contribution is 2.34. The summed E-state index contributed by atoms with van der Waals surface area (Å²) in [7, 11) is 0. The van der Waals surface area contributed by atoms with Crippen molar-refractivity contribution in [1.29, 1.82) is 0 Å². The Balaban J connectivity index is 0.953.